The lowest BCUT2D eigenvalue weighted by atomic mass is 10.4. The van der Waals surface area contributed by atoms with Crippen LogP contribution in [0, 0.1) is 6.92 Å². The predicted octanol–water partition coefficient (Wildman–Crippen LogP) is 1.86. The van der Waals surface area contributed by atoms with Crippen molar-refractivity contribution in [2.24, 2.45) is 7.05 Å². The Labute approximate surface area is 117 Å². The van der Waals surface area contributed by atoms with Gasteiger partial charge in [0.2, 0.25) is 10.0 Å². The van der Waals surface area contributed by atoms with Crippen LogP contribution >= 0.6 is 11.6 Å². The molecular weight excluding hydrogens is 286 g/mol. The molecule has 2 aromatic rings. The second-order valence-corrected chi connectivity index (χ2v) is 6.38. The zero-order valence-corrected chi connectivity index (χ0v) is 12.2. The van der Waals surface area contributed by atoms with Crippen molar-refractivity contribution in [2.45, 2.75) is 18.4 Å². The van der Waals surface area contributed by atoms with E-state index in [0.29, 0.717) is 10.7 Å². The summed E-state index contributed by atoms with van der Waals surface area (Å²) in [4.78, 5) is 0.185. The third kappa shape index (κ3) is 3.34. The fraction of sp³-hybridized carbons (Fsp3) is 0.250. The molecule has 2 rings (SSSR count). The van der Waals surface area contributed by atoms with E-state index >= 15 is 0 Å². The van der Waals surface area contributed by atoms with Gasteiger partial charge in [0.25, 0.3) is 0 Å². The Balaban J connectivity index is 2.11. The predicted molar refractivity (Wildman–Crippen MR) is 73.4 cm³/mol. The van der Waals surface area contributed by atoms with Gasteiger partial charge in [0.15, 0.2) is 0 Å². The van der Waals surface area contributed by atoms with Crippen LogP contribution in [0.2, 0.25) is 5.02 Å². The highest BCUT2D eigenvalue weighted by Gasteiger charge is 2.14. The Bertz CT molecular complexity index is 658. The number of nitrogens with one attached hydrogen (secondary N) is 1. The normalized spacial score (nSPS) is 11.7. The monoisotopic (exact) mass is 299 g/mol. The van der Waals surface area contributed by atoms with Crippen LogP contribution in [0.25, 0.3) is 0 Å². The molecule has 0 fully saturated rings. The Kier molecular flexibility index (Phi) is 3.93. The molecule has 1 aromatic carbocycles. The molecule has 5 nitrogen and oxygen atoms in total. The molecule has 0 atom stereocenters. The Hall–Kier alpha value is -1.37. The van der Waals surface area contributed by atoms with Gasteiger partial charge < -0.3 is 0 Å². The second kappa shape index (κ2) is 5.32. The average molecular weight is 300 g/mol. The number of hydrogen-bond donors (Lipinski definition) is 1. The van der Waals surface area contributed by atoms with E-state index in [1.165, 1.54) is 12.1 Å². The minimum absolute atomic E-state index is 0.159. The Morgan fingerprint density at radius 1 is 1.32 bits per heavy atom. The first-order chi connectivity index (χ1) is 8.88. The van der Waals surface area contributed by atoms with E-state index in [2.05, 4.69) is 9.82 Å². The van der Waals surface area contributed by atoms with Gasteiger partial charge in [-0.15, -0.1) is 0 Å². The summed E-state index contributed by atoms with van der Waals surface area (Å²) in [7, 11) is -1.72. The highest BCUT2D eigenvalue weighted by atomic mass is 35.5. The lowest BCUT2D eigenvalue weighted by Crippen LogP contribution is -2.23. The number of halogens is 1. The van der Waals surface area contributed by atoms with Crippen molar-refractivity contribution in [2.75, 3.05) is 0 Å². The molecule has 0 amide bonds. The zero-order valence-electron chi connectivity index (χ0n) is 10.6. The molecular formula is C12H14ClN3O2S. The van der Waals surface area contributed by atoms with E-state index < -0.39 is 10.0 Å². The molecule has 0 spiro atoms. The third-order valence-electron chi connectivity index (χ3n) is 2.73. The molecule has 0 aliphatic carbocycles. The fourth-order valence-corrected chi connectivity index (χ4v) is 2.71. The van der Waals surface area contributed by atoms with Gasteiger partial charge in [-0.05, 0) is 37.3 Å². The van der Waals surface area contributed by atoms with Gasteiger partial charge in [0.1, 0.15) is 0 Å². The zero-order chi connectivity index (χ0) is 14.0. The first-order valence-electron chi connectivity index (χ1n) is 5.63. The van der Waals surface area contributed by atoms with Crippen LogP contribution in [0.3, 0.4) is 0 Å². The number of sulfonamides is 1. The van der Waals surface area contributed by atoms with Crippen LogP contribution in [-0.2, 0) is 23.6 Å². The minimum Gasteiger partial charge on any atom is -0.273 e. The molecule has 7 heteroatoms. The van der Waals surface area contributed by atoms with Gasteiger partial charge in [0.05, 0.1) is 17.1 Å². The summed E-state index contributed by atoms with van der Waals surface area (Å²) in [6.07, 6.45) is 0. The van der Waals surface area contributed by atoms with Gasteiger partial charge in [-0.2, -0.15) is 5.10 Å². The standard InChI is InChI=1S/C12H14ClN3O2S/c1-9-7-11(15-16(9)2)8-14-19(17,18)12-5-3-10(13)4-6-12/h3-7,14H,8H2,1-2H3. The van der Waals surface area contributed by atoms with Gasteiger partial charge in [-0.3, -0.25) is 4.68 Å². The van der Waals surface area contributed by atoms with Gasteiger partial charge in [0, 0.05) is 17.8 Å². The number of aryl methyl sites for hydroxylation is 2. The maximum absolute atomic E-state index is 12.0. The number of aromatic nitrogens is 2. The number of rotatable bonds is 4. The Morgan fingerprint density at radius 2 is 1.95 bits per heavy atom. The lowest BCUT2D eigenvalue weighted by Gasteiger charge is -2.05. The van der Waals surface area contributed by atoms with E-state index in [0.717, 1.165) is 5.69 Å². The van der Waals surface area contributed by atoms with E-state index in [1.54, 1.807) is 16.8 Å². The summed E-state index contributed by atoms with van der Waals surface area (Å²) in [5.74, 6) is 0. The van der Waals surface area contributed by atoms with Crippen LogP contribution < -0.4 is 4.72 Å². The highest BCUT2D eigenvalue weighted by Crippen LogP contribution is 2.14. The molecule has 0 bridgehead atoms. The van der Waals surface area contributed by atoms with Crippen LogP contribution in [0.4, 0.5) is 0 Å². The number of nitrogens with zero attached hydrogens (tertiary/aromatic N) is 2. The minimum atomic E-state index is -3.54. The van der Waals surface area contributed by atoms with Crippen LogP contribution in [0.5, 0.6) is 0 Å². The topological polar surface area (TPSA) is 64.0 Å². The largest absolute Gasteiger partial charge is 0.273 e. The molecule has 0 aliphatic heterocycles. The maximum Gasteiger partial charge on any atom is 0.240 e. The van der Waals surface area contributed by atoms with E-state index in [-0.39, 0.29) is 11.4 Å². The van der Waals surface area contributed by atoms with Crippen molar-refractivity contribution in [3.05, 3.63) is 46.7 Å². The van der Waals surface area contributed by atoms with E-state index in [1.807, 2.05) is 20.0 Å². The quantitative estimate of drug-likeness (QED) is 0.937. The van der Waals surface area contributed by atoms with Crippen molar-refractivity contribution in [1.29, 1.82) is 0 Å². The lowest BCUT2D eigenvalue weighted by molar-refractivity contribution is 0.579. The second-order valence-electron chi connectivity index (χ2n) is 4.18. The average Bonchev–Trinajstić information content (AvgIpc) is 2.67. The van der Waals surface area contributed by atoms with Crippen molar-refractivity contribution in [3.8, 4) is 0 Å². The molecule has 1 N–H and O–H groups in total. The fourth-order valence-electron chi connectivity index (χ4n) is 1.59. The Morgan fingerprint density at radius 3 is 2.47 bits per heavy atom. The summed E-state index contributed by atoms with van der Waals surface area (Å²) < 4.78 is 28.2. The smallest absolute Gasteiger partial charge is 0.240 e. The molecule has 1 aromatic heterocycles. The molecule has 102 valence electrons. The summed E-state index contributed by atoms with van der Waals surface area (Å²) >= 11 is 5.73. The summed E-state index contributed by atoms with van der Waals surface area (Å²) in [6, 6.07) is 7.86. The molecule has 0 saturated heterocycles. The van der Waals surface area contributed by atoms with Crippen LogP contribution in [0.1, 0.15) is 11.4 Å². The van der Waals surface area contributed by atoms with Crippen molar-refractivity contribution in [3.63, 3.8) is 0 Å². The third-order valence-corrected chi connectivity index (χ3v) is 4.40. The molecule has 1 heterocycles. The SMILES string of the molecule is Cc1cc(CNS(=O)(=O)c2ccc(Cl)cc2)nn1C. The van der Waals surface area contributed by atoms with Crippen molar-refractivity contribution < 1.29 is 8.42 Å². The first kappa shape index (κ1) is 14.0. The highest BCUT2D eigenvalue weighted by molar-refractivity contribution is 7.89. The molecule has 0 saturated carbocycles. The molecule has 0 aliphatic rings. The van der Waals surface area contributed by atoms with E-state index in [4.69, 9.17) is 11.6 Å². The first-order valence-corrected chi connectivity index (χ1v) is 7.49. The number of hydrogen-bond acceptors (Lipinski definition) is 3. The van der Waals surface area contributed by atoms with Crippen LogP contribution in [-0.4, -0.2) is 18.2 Å². The van der Waals surface area contributed by atoms with Gasteiger partial charge in [-0.25, -0.2) is 13.1 Å². The van der Waals surface area contributed by atoms with Crippen molar-refractivity contribution in [1.82, 2.24) is 14.5 Å². The summed E-state index contributed by atoms with van der Waals surface area (Å²) in [6.45, 7) is 2.07. The van der Waals surface area contributed by atoms with Crippen molar-refractivity contribution >= 4 is 21.6 Å². The molecule has 0 unspecified atom stereocenters. The summed E-state index contributed by atoms with van der Waals surface area (Å²) in [5, 5.41) is 4.69. The molecule has 19 heavy (non-hydrogen) atoms. The molecule has 0 radical (unpaired) electrons. The van der Waals surface area contributed by atoms with E-state index in [9.17, 15) is 8.42 Å². The van der Waals surface area contributed by atoms with Gasteiger partial charge >= 0.3 is 0 Å². The number of benzene rings is 1. The maximum atomic E-state index is 12.0. The van der Waals surface area contributed by atoms with Gasteiger partial charge in [-0.1, -0.05) is 11.6 Å². The summed E-state index contributed by atoms with van der Waals surface area (Å²) in [5.41, 5.74) is 1.65. The van der Waals surface area contributed by atoms with Crippen LogP contribution in [0.15, 0.2) is 35.2 Å².